The van der Waals surface area contributed by atoms with Gasteiger partial charge in [0, 0.05) is 18.3 Å². The first-order valence-electron chi connectivity index (χ1n) is 10.6. The lowest BCUT2D eigenvalue weighted by molar-refractivity contribution is -0.137. The monoisotopic (exact) mass is 359 g/mol. The fraction of sp³-hybridized carbons (Fsp3) is 0.652. The maximum atomic E-state index is 10.4. The zero-order valence-corrected chi connectivity index (χ0v) is 16.4. The van der Waals surface area contributed by atoms with Crippen LogP contribution in [-0.4, -0.2) is 16.1 Å². The van der Waals surface area contributed by atoms with Gasteiger partial charge in [0.2, 0.25) is 0 Å². The van der Waals surface area contributed by atoms with Crippen LogP contribution in [0.4, 0.5) is 0 Å². The van der Waals surface area contributed by atoms with Crippen LogP contribution in [0.5, 0.6) is 0 Å². The molecule has 1 aromatic rings. The second-order valence-electron chi connectivity index (χ2n) is 7.15. The molecule has 0 aliphatic heterocycles. The Hall–Kier alpha value is -1.64. The van der Waals surface area contributed by atoms with Gasteiger partial charge < -0.3 is 5.11 Å². The first kappa shape index (κ1) is 22.4. The molecule has 1 rings (SSSR count). The average Bonchev–Trinajstić information content (AvgIpc) is 2.65. The molecule has 3 heteroatoms. The van der Waals surface area contributed by atoms with E-state index in [-0.39, 0.29) is 0 Å². The normalized spacial score (nSPS) is 11.2. The number of hydrogen-bond donors (Lipinski definition) is 1. The number of nitrogens with zero attached hydrogens (tertiary/aromatic N) is 1. The summed E-state index contributed by atoms with van der Waals surface area (Å²) in [6.45, 7) is 0. The van der Waals surface area contributed by atoms with Crippen molar-refractivity contribution < 1.29 is 9.90 Å². The molecule has 1 aromatic heterocycles. The molecule has 0 amide bonds. The average molecular weight is 360 g/mol. The highest BCUT2D eigenvalue weighted by atomic mass is 16.4. The Kier molecular flexibility index (Phi) is 14.5. The van der Waals surface area contributed by atoms with Crippen LogP contribution in [0.1, 0.15) is 95.6 Å². The van der Waals surface area contributed by atoms with Gasteiger partial charge in [-0.1, -0.05) is 63.2 Å². The molecule has 0 atom stereocenters. The van der Waals surface area contributed by atoms with Crippen LogP contribution in [0.15, 0.2) is 36.5 Å². The molecule has 0 aliphatic carbocycles. The number of carboxylic acid groups (broad SMARTS) is 1. The highest BCUT2D eigenvalue weighted by molar-refractivity contribution is 5.66. The summed E-state index contributed by atoms with van der Waals surface area (Å²) >= 11 is 0. The summed E-state index contributed by atoms with van der Waals surface area (Å²) in [4.78, 5) is 14.8. The summed E-state index contributed by atoms with van der Waals surface area (Å²) in [6.07, 6.45) is 23.8. The molecule has 0 spiro atoms. The molecule has 26 heavy (non-hydrogen) atoms. The van der Waals surface area contributed by atoms with Gasteiger partial charge in [-0.2, -0.15) is 0 Å². The standard InChI is InChI=1S/C23H37NO2/c25-23(26)20-15-13-11-9-7-5-3-1-2-4-6-8-10-12-14-18-22-19-16-17-21-24-22/h1,3,16-17,19,21H,2,4-15,18,20H2,(H,25,26). The molecule has 0 bridgehead atoms. The number of aromatic nitrogens is 1. The van der Waals surface area contributed by atoms with Crippen molar-refractivity contribution in [2.45, 2.75) is 96.3 Å². The van der Waals surface area contributed by atoms with E-state index in [1.54, 1.807) is 0 Å². The van der Waals surface area contributed by atoms with Gasteiger partial charge >= 0.3 is 5.97 Å². The summed E-state index contributed by atoms with van der Waals surface area (Å²) in [5.41, 5.74) is 1.22. The summed E-state index contributed by atoms with van der Waals surface area (Å²) < 4.78 is 0. The Labute approximate surface area is 159 Å². The van der Waals surface area contributed by atoms with Crippen molar-refractivity contribution in [3.63, 3.8) is 0 Å². The molecule has 3 nitrogen and oxygen atoms in total. The van der Waals surface area contributed by atoms with E-state index in [4.69, 9.17) is 5.11 Å². The van der Waals surface area contributed by atoms with E-state index in [2.05, 4.69) is 29.3 Å². The number of carbonyl (C=O) groups is 1. The zero-order valence-electron chi connectivity index (χ0n) is 16.4. The molecule has 0 saturated carbocycles. The zero-order chi connectivity index (χ0) is 18.7. The van der Waals surface area contributed by atoms with Crippen molar-refractivity contribution in [1.29, 1.82) is 0 Å². The number of hydrogen-bond acceptors (Lipinski definition) is 2. The molecular formula is C23H37NO2. The molecule has 0 aliphatic rings. The molecule has 0 radical (unpaired) electrons. The number of rotatable bonds is 17. The van der Waals surface area contributed by atoms with Gasteiger partial charge in [-0.15, -0.1) is 0 Å². The third kappa shape index (κ3) is 14.7. The van der Waals surface area contributed by atoms with Crippen molar-refractivity contribution in [3.8, 4) is 0 Å². The van der Waals surface area contributed by atoms with E-state index in [9.17, 15) is 4.79 Å². The van der Waals surface area contributed by atoms with E-state index < -0.39 is 5.97 Å². The molecule has 0 aromatic carbocycles. The first-order chi connectivity index (χ1) is 12.8. The number of unbranched alkanes of at least 4 members (excludes halogenated alkanes) is 11. The highest BCUT2D eigenvalue weighted by Crippen LogP contribution is 2.11. The number of allylic oxidation sites excluding steroid dienone is 2. The van der Waals surface area contributed by atoms with E-state index in [0.717, 1.165) is 19.3 Å². The number of aryl methyl sites for hydroxylation is 1. The van der Waals surface area contributed by atoms with E-state index in [1.807, 2.05) is 12.3 Å². The summed E-state index contributed by atoms with van der Waals surface area (Å²) in [5, 5.41) is 8.56. The number of carboxylic acids is 1. The molecular weight excluding hydrogens is 322 g/mol. The van der Waals surface area contributed by atoms with Gasteiger partial charge in [0.25, 0.3) is 0 Å². The van der Waals surface area contributed by atoms with E-state index in [0.29, 0.717) is 6.42 Å². The SMILES string of the molecule is O=C(O)CCCCCCCC=CCCCCCCCCc1ccccn1. The predicted molar refractivity (Wildman–Crippen MR) is 109 cm³/mol. The Balaban J connectivity index is 1.76. The topological polar surface area (TPSA) is 50.2 Å². The Morgan fingerprint density at radius 2 is 1.38 bits per heavy atom. The maximum absolute atomic E-state index is 10.4. The van der Waals surface area contributed by atoms with Crippen molar-refractivity contribution >= 4 is 5.97 Å². The first-order valence-corrected chi connectivity index (χ1v) is 10.6. The second kappa shape index (κ2) is 16.8. The minimum atomic E-state index is -0.669. The molecule has 1 N–H and O–H groups in total. The van der Waals surface area contributed by atoms with Crippen LogP contribution in [-0.2, 0) is 11.2 Å². The quantitative estimate of drug-likeness (QED) is 0.248. The smallest absolute Gasteiger partial charge is 0.303 e. The van der Waals surface area contributed by atoms with Crippen LogP contribution < -0.4 is 0 Å². The largest absolute Gasteiger partial charge is 0.481 e. The summed E-state index contributed by atoms with van der Waals surface area (Å²) in [6, 6.07) is 6.16. The lowest BCUT2D eigenvalue weighted by atomic mass is 10.1. The van der Waals surface area contributed by atoms with Crippen LogP contribution in [0.3, 0.4) is 0 Å². The van der Waals surface area contributed by atoms with E-state index in [1.165, 1.54) is 76.3 Å². The Morgan fingerprint density at radius 1 is 0.808 bits per heavy atom. The van der Waals surface area contributed by atoms with Gasteiger partial charge in [0.1, 0.15) is 0 Å². The van der Waals surface area contributed by atoms with Gasteiger partial charge in [0.05, 0.1) is 0 Å². The third-order valence-corrected chi connectivity index (χ3v) is 4.71. The van der Waals surface area contributed by atoms with Gasteiger partial charge in [-0.3, -0.25) is 9.78 Å². The molecule has 146 valence electrons. The molecule has 0 saturated heterocycles. The summed E-state index contributed by atoms with van der Waals surface area (Å²) in [7, 11) is 0. The minimum absolute atomic E-state index is 0.324. The lowest BCUT2D eigenvalue weighted by Crippen LogP contribution is -1.93. The third-order valence-electron chi connectivity index (χ3n) is 4.71. The van der Waals surface area contributed by atoms with Crippen molar-refractivity contribution in [3.05, 3.63) is 42.2 Å². The summed E-state index contributed by atoms with van der Waals surface area (Å²) in [5.74, 6) is -0.669. The van der Waals surface area contributed by atoms with Crippen molar-refractivity contribution in [1.82, 2.24) is 4.98 Å². The fourth-order valence-corrected chi connectivity index (χ4v) is 3.13. The highest BCUT2D eigenvalue weighted by Gasteiger charge is 1.96. The van der Waals surface area contributed by atoms with Gasteiger partial charge in [-0.05, 0) is 57.1 Å². The van der Waals surface area contributed by atoms with Crippen molar-refractivity contribution in [2.75, 3.05) is 0 Å². The second-order valence-corrected chi connectivity index (χ2v) is 7.15. The minimum Gasteiger partial charge on any atom is -0.481 e. The molecule has 0 fully saturated rings. The van der Waals surface area contributed by atoms with E-state index >= 15 is 0 Å². The molecule has 1 heterocycles. The fourth-order valence-electron chi connectivity index (χ4n) is 3.13. The Morgan fingerprint density at radius 3 is 1.96 bits per heavy atom. The predicted octanol–water partition coefficient (Wildman–Crippen LogP) is 6.73. The number of pyridine rings is 1. The maximum Gasteiger partial charge on any atom is 0.303 e. The molecule has 0 unspecified atom stereocenters. The lowest BCUT2D eigenvalue weighted by Gasteiger charge is -2.01. The van der Waals surface area contributed by atoms with Gasteiger partial charge in [0.15, 0.2) is 0 Å². The number of aliphatic carboxylic acids is 1. The van der Waals surface area contributed by atoms with Crippen LogP contribution >= 0.6 is 0 Å². The van der Waals surface area contributed by atoms with Crippen LogP contribution in [0, 0.1) is 0 Å². The van der Waals surface area contributed by atoms with Gasteiger partial charge in [-0.25, -0.2) is 0 Å². The van der Waals surface area contributed by atoms with Crippen LogP contribution in [0.2, 0.25) is 0 Å². The van der Waals surface area contributed by atoms with Crippen molar-refractivity contribution in [2.24, 2.45) is 0 Å². The van der Waals surface area contributed by atoms with Crippen LogP contribution in [0.25, 0.3) is 0 Å². The Bertz CT molecular complexity index is 470.